The summed E-state index contributed by atoms with van der Waals surface area (Å²) in [5, 5.41) is 3.60. The van der Waals surface area contributed by atoms with E-state index >= 15 is 0 Å². The zero-order chi connectivity index (χ0) is 15.2. The van der Waals surface area contributed by atoms with Gasteiger partial charge in [-0.3, -0.25) is 0 Å². The van der Waals surface area contributed by atoms with Crippen LogP contribution in [-0.4, -0.2) is 28.1 Å². The first-order chi connectivity index (χ1) is 10.1. The van der Waals surface area contributed by atoms with Crippen molar-refractivity contribution in [2.24, 2.45) is 0 Å². The standard InChI is InChI=1S/C15H20N4OS/c1-10(2)20-14-17-13(16-4)18-15(19-14)21-9-12-8-6-5-7-11(12)3/h5-8,10H,9H2,1-4H3,(H,16,17,18,19). The molecule has 0 aliphatic carbocycles. The number of aromatic nitrogens is 3. The van der Waals surface area contributed by atoms with Crippen molar-refractivity contribution in [3.8, 4) is 6.01 Å². The molecule has 1 N–H and O–H groups in total. The summed E-state index contributed by atoms with van der Waals surface area (Å²) >= 11 is 1.58. The largest absolute Gasteiger partial charge is 0.461 e. The molecule has 5 nitrogen and oxygen atoms in total. The van der Waals surface area contributed by atoms with Crippen LogP contribution in [0.4, 0.5) is 5.95 Å². The summed E-state index contributed by atoms with van der Waals surface area (Å²) in [5.74, 6) is 1.34. The van der Waals surface area contributed by atoms with Gasteiger partial charge in [-0.1, -0.05) is 36.0 Å². The maximum Gasteiger partial charge on any atom is 0.322 e. The van der Waals surface area contributed by atoms with Crippen LogP contribution in [0.3, 0.4) is 0 Å². The topological polar surface area (TPSA) is 59.9 Å². The Kier molecular flexibility index (Phi) is 5.38. The molecule has 0 aliphatic rings. The predicted octanol–water partition coefficient (Wildman–Crippen LogP) is 3.30. The highest BCUT2D eigenvalue weighted by molar-refractivity contribution is 7.98. The fourth-order valence-electron chi connectivity index (χ4n) is 1.69. The number of hydrogen-bond acceptors (Lipinski definition) is 6. The third kappa shape index (κ3) is 4.60. The Bertz CT molecular complexity index is 604. The maximum absolute atomic E-state index is 5.56. The lowest BCUT2D eigenvalue weighted by molar-refractivity contribution is 0.219. The predicted molar refractivity (Wildman–Crippen MR) is 85.9 cm³/mol. The SMILES string of the molecule is CNc1nc(OC(C)C)nc(SCc2ccccc2C)n1. The van der Waals surface area contributed by atoms with Crippen molar-refractivity contribution in [3.63, 3.8) is 0 Å². The summed E-state index contributed by atoms with van der Waals surface area (Å²) in [4.78, 5) is 12.9. The van der Waals surface area contributed by atoms with Crippen LogP contribution in [0.15, 0.2) is 29.4 Å². The van der Waals surface area contributed by atoms with E-state index in [0.29, 0.717) is 17.1 Å². The number of hydrogen-bond donors (Lipinski definition) is 1. The first-order valence-electron chi connectivity index (χ1n) is 6.86. The molecule has 0 unspecified atom stereocenters. The zero-order valence-electron chi connectivity index (χ0n) is 12.8. The Morgan fingerprint density at radius 2 is 1.95 bits per heavy atom. The van der Waals surface area contributed by atoms with Crippen molar-refractivity contribution in [2.45, 2.75) is 37.8 Å². The number of ether oxygens (including phenoxy) is 1. The van der Waals surface area contributed by atoms with Gasteiger partial charge in [0.15, 0.2) is 5.16 Å². The lowest BCUT2D eigenvalue weighted by Crippen LogP contribution is -2.11. The van der Waals surface area contributed by atoms with Gasteiger partial charge in [0.05, 0.1) is 6.10 Å². The molecule has 0 radical (unpaired) electrons. The Morgan fingerprint density at radius 3 is 2.62 bits per heavy atom. The number of aryl methyl sites for hydroxylation is 1. The van der Waals surface area contributed by atoms with E-state index in [1.165, 1.54) is 11.1 Å². The average molecular weight is 304 g/mol. The summed E-state index contributed by atoms with van der Waals surface area (Å²) in [6, 6.07) is 8.67. The van der Waals surface area contributed by atoms with Gasteiger partial charge in [-0.25, -0.2) is 0 Å². The van der Waals surface area contributed by atoms with Crippen LogP contribution in [0.1, 0.15) is 25.0 Å². The van der Waals surface area contributed by atoms with Crippen LogP contribution in [0.25, 0.3) is 0 Å². The molecule has 0 saturated carbocycles. The minimum Gasteiger partial charge on any atom is -0.461 e. The van der Waals surface area contributed by atoms with Crippen molar-refractivity contribution >= 4 is 17.7 Å². The number of thioether (sulfide) groups is 1. The smallest absolute Gasteiger partial charge is 0.322 e. The highest BCUT2D eigenvalue weighted by Gasteiger charge is 2.09. The normalized spacial score (nSPS) is 10.7. The van der Waals surface area contributed by atoms with Gasteiger partial charge in [0, 0.05) is 12.8 Å². The molecule has 112 valence electrons. The molecule has 0 spiro atoms. The van der Waals surface area contributed by atoms with Crippen LogP contribution >= 0.6 is 11.8 Å². The summed E-state index contributed by atoms with van der Waals surface area (Å²) in [5.41, 5.74) is 2.55. The molecule has 2 rings (SSSR count). The number of rotatable bonds is 6. The van der Waals surface area contributed by atoms with Gasteiger partial charge >= 0.3 is 6.01 Å². The van der Waals surface area contributed by atoms with Gasteiger partial charge < -0.3 is 10.1 Å². The second-order valence-corrected chi connectivity index (χ2v) is 5.80. The van der Waals surface area contributed by atoms with Gasteiger partial charge in [0.1, 0.15) is 0 Å². The van der Waals surface area contributed by atoms with Gasteiger partial charge in [-0.2, -0.15) is 15.0 Å². The number of nitrogens with one attached hydrogen (secondary N) is 1. The van der Waals surface area contributed by atoms with Crippen LogP contribution in [0.5, 0.6) is 6.01 Å². The summed E-state index contributed by atoms with van der Waals surface area (Å²) in [7, 11) is 1.78. The van der Waals surface area contributed by atoms with Crippen molar-refractivity contribution in [1.29, 1.82) is 0 Å². The average Bonchev–Trinajstić information content (AvgIpc) is 2.45. The quantitative estimate of drug-likeness (QED) is 0.826. The van der Waals surface area contributed by atoms with Crippen molar-refractivity contribution in [3.05, 3.63) is 35.4 Å². The minimum absolute atomic E-state index is 0.0336. The number of nitrogens with zero attached hydrogens (tertiary/aromatic N) is 3. The van der Waals surface area contributed by atoms with Crippen LogP contribution in [-0.2, 0) is 5.75 Å². The van der Waals surface area contributed by atoms with E-state index in [2.05, 4.69) is 39.3 Å². The van der Waals surface area contributed by atoms with Crippen LogP contribution in [0.2, 0.25) is 0 Å². The van der Waals surface area contributed by atoms with Crippen molar-refractivity contribution in [1.82, 2.24) is 15.0 Å². The molecule has 0 aliphatic heterocycles. The zero-order valence-corrected chi connectivity index (χ0v) is 13.6. The lowest BCUT2D eigenvalue weighted by atomic mass is 10.1. The maximum atomic E-state index is 5.56. The summed E-state index contributed by atoms with van der Waals surface area (Å²) in [6.45, 7) is 6.00. The molecule has 2 aromatic rings. The highest BCUT2D eigenvalue weighted by Crippen LogP contribution is 2.23. The van der Waals surface area contributed by atoms with E-state index in [9.17, 15) is 0 Å². The fourth-order valence-corrected chi connectivity index (χ4v) is 2.59. The second kappa shape index (κ2) is 7.26. The molecule has 0 fully saturated rings. The van der Waals surface area contributed by atoms with Crippen molar-refractivity contribution in [2.75, 3.05) is 12.4 Å². The first-order valence-corrected chi connectivity index (χ1v) is 7.85. The molecule has 21 heavy (non-hydrogen) atoms. The first kappa shape index (κ1) is 15.6. The molecule has 1 aromatic heterocycles. The van der Waals surface area contributed by atoms with Crippen LogP contribution in [0, 0.1) is 6.92 Å². The second-order valence-electron chi connectivity index (χ2n) is 4.86. The van der Waals surface area contributed by atoms with E-state index in [0.717, 1.165) is 5.75 Å². The van der Waals surface area contributed by atoms with Gasteiger partial charge in [0.2, 0.25) is 5.95 Å². The van der Waals surface area contributed by atoms with Gasteiger partial charge in [0.25, 0.3) is 0 Å². The van der Waals surface area contributed by atoms with Gasteiger partial charge in [-0.15, -0.1) is 0 Å². The molecule has 0 bridgehead atoms. The Balaban J connectivity index is 2.13. The summed E-state index contributed by atoms with van der Waals surface area (Å²) < 4.78 is 5.56. The third-order valence-corrected chi connectivity index (χ3v) is 3.67. The number of benzene rings is 1. The highest BCUT2D eigenvalue weighted by atomic mass is 32.2. The molecular formula is C15H20N4OS. The Labute approximate surface area is 129 Å². The van der Waals surface area contributed by atoms with E-state index in [4.69, 9.17) is 4.74 Å². The number of anilines is 1. The summed E-state index contributed by atoms with van der Waals surface area (Å²) in [6.07, 6.45) is 0.0336. The monoisotopic (exact) mass is 304 g/mol. The molecule has 6 heteroatoms. The third-order valence-electron chi connectivity index (χ3n) is 2.78. The van der Waals surface area contributed by atoms with Crippen molar-refractivity contribution < 1.29 is 4.74 Å². The molecule has 1 aromatic carbocycles. The molecule has 0 saturated heterocycles. The molecule has 1 heterocycles. The van der Waals surface area contributed by atoms with Crippen LogP contribution < -0.4 is 10.1 Å². The molecule has 0 amide bonds. The fraction of sp³-hybridized carbons (Fsp3) is 0.400. The Morgan fingerprint density at radius 1 is 1.19 bits per heavy atom. The van der Waals surface area contributed by atoms with E-state index in [1.807, 2.05) is 26.0 Å². The van der Waals surface area contributed by atoms with Gasteiger partial charge in [-0.05, 0) is 31.9 Å². The van der Waals surface area contributed by atoms with E-state index in [-0.39, 0.29) is 6.10 Å². The van der Waals surface area contributed by atoms with E-state index < -0.39 is 0 Å². The Hall–Kier alpha value is -1.82. The molecular weight excluding hydrogens is 284 g/mol. The van der Waals surface area contributed by atoms with E-state index in [1.54, 1.807) is 18.8 Å². The lowest BCUT2D eigenvalue weighted by Gasteiger charge is -2.10. The minimum atomic E-state index is 0.0336. The molecule has 0 atom stereocenters.